The van der Waals surface area contributed by atoms with Gasteiger partial charge in [0.15, 0.2) is 0 Å². The van der Waals surface area contributed by atoms with Crippen LogP contribution in [0.1, 0.15) is 32.1 Å². The van der Waals surface area contributed by atoms with Crippen LogP contribution >= 0.6 is 15.9 Å². The molecule has 1 saturated heterocycles. The Balaban J connectivity index is 1.78. The molecule has 3 heteroatoms. The van der Waals surface area contributed by atoms with Crippen molar-refractivity contribution in [1.82, 2.24) is 5.32 Å². The van der Waals surface area contributed by atoms with Gasteiger partial charge in [0.25, 0.3) is 0 Å². The van der Waals surface area contributed by atoms with E-state index in [1.165, 1.54) is 32.1 Å². The van der Waals surface area contributed by atoms with Crippen molar-refractivity contribution < 1.29 is 4.74 Å². The molecule has 0 bridgehead atoms. The molecule has 0 spiro atoms. The summed E-state index contributed by atoms with van der Waals surface area (Å²) in [5.74, 6) is 0. The van der Waals surface area contributed by atoms with Crippen molar-refractivity contribution in [2.24, 2.45) is 0 Å². The first kappa shape index (κ1) is 11.5. The predicted molar refractivity (Wildman–Crippen MR) is 59.5 cm³/mol. The van der Waals surface area contributed by atoms with Crippen LogP contribution in [0.5, 0.6) is 0 Å². The lowest BCUT2D eigenvalue weighted by Crippen LogP contribution is -2.26. The highest BCUT2D eigenvalue weighted by molar-refractivity contribution is 9.09. The van der Waals surface area contributed by atoms with Crippen molar-refractivity contribution in [3.63, 3.8) is 0 Å². The van der Waals surface area contributed by atoms with E-state index < -0.39 is 0 Å². The molecule has 78 valence electrons. The van der Waals surface area contributed by atoms with Crippen LogP contribution in [-0.4, -0.2) is 31.1 Å². The predicted octanol–water partition coefficient (Wildman–Crippen LogP) is 2.32. The summed E-state index contributed by atoms with van der Waals surface area (Å²) < 4.78 is 5.51. The van der Waals surface area contributed by atoms with E-state index in [9.17, 15) is 0 Å². The lowest BCUT2D eigenvalue weighted by Gasteiger charge is -2.10. The third kappa shape index (κ3) is 5.66. The zero-order chi connectivity index (χ0) is 9.36. The Morgan fingerprint density at radius 2 is 2.23 bits per heavy atom. The summed E-state index contributed by atoms with van der Waals surface area (Å²) in [6, 6.07) is 0. The van der Waals surface area contributed by atoms with Crippen molar-refractivity contribution in [2.75, 3.05) is 25.0 Å². The van der Waals surface area contributed by atoms with Crippen molar-refractivity contribution in [3.05, 3.63) is 0 Å². The molecule has 0 aromatic rings. The minimum Gasteiger partial charge on any atom is -0.377 e. The van der Waals surface area contributed by atoms with E-state index in [1.807, 2.05) is 0 Å². The average molecular weight is 250 g/mol. The Hall–Kier alpha value is 0.400. The molecule has 1 N–H and O–H groups in total. The zero-order valence-electron chi connectivity index (χ0n) is 8.23. The maximum absolute atomic E-state index is 5.51. The van der Waals surface area contributed by atoms with Crippen molar-refractivity contribution >= 4 is 15.9 Å². The lowest BCUT2D eigenvalue weighted by molar-refractivity contribution is 0.110. The van der Waals surface area contributed by atoms with E-state index in [1.54, 1.807) is 0 Å². The third-order valence-electron chi connectivity index (χ3n) is 2.38. The fourth-order valence-electron chi connectivity index (χ4n) is 1.59. The highest BCUT2D eigenvalue weighted by Gasteiger charge is 2.13. The van der Waals surface area contributed by atoms with Gasteiger partial charge in [-0.15, -0.1) is 0 Å². The molecule has 1 aliphatic heterocycles. The first-order valence-corrected chi connectivity index (χ1v) is 6.44. The Bertz CT molecular complexity index is 115. The normalized spacial score (nSPS) is 22.4. The van der Waals surface area contributed by atoms with Crippen molar-refractivity contribution in [3.8, 4) is 0 Å². The first-order chi connectivity index (χ1) is 6.43. The van der Waals surface area contributed by atoms with Gasteiger partial charge in [0.1, 0.15) is 0 Å². The Morgan fingerprint density at radius 3 is 2.92 bits per heavy atom. The molecule has 13 heavy (non-hydrogen) atoms. The Morgan fingerprint density at radius 1 is 1.31 bits per heavy atom. The number of ether oxygens (including phenoxy) is 1. The van der Waals surface area contributed by atoms with E-state index in [-0.39, 0.29) is 0 Å². The van der Waals surface area contributed by atoms with Crippen LogP contribution in [-0.2, 0) is 4.74 Å². The van der Waals surface area contributed by atoms with Gasteiger partial charge in [-0.25, -0.2) is 0 Å². The van der Waals surface area contributed by atoms with Crippen LogP contribution in [0.2, 0.25) is 0 Å². The SMILES string of the molecule is BrCCCCCNCC1CCCO1. The standard InChI is InChI=1S/C10H20BrNO/c11-6-2-1-3-7-12-9-10-5-4-8-13-10/h10,12H,1-9H2. The summed E-state index contributed by atoms with van der Waals surface area (Å²) in [5.41, 5.74) is 0. The average Bonchev–Trinajstić information content (AvgIpc) is 2.63. The molecule has 0 aromatic carbocycles. The zero-order valence-corrected chi connectivity index (χ0v) is 9.81. The highest BCUT2D eigenvalue weighted by atomic mass is 79.9. The summed E-state index contributed by atoms with van der Waals surface area (Å²) in [6.45, 7) is 3.16. The van der Waals surface area contributed by atoms with Crippen LogP contribution in [0.25, 0.3) is 0 Å². The maximum atomic E-state index is 5.51. The molecular formula is C10H20BrNO. The second-order valence-electron chi connectivity index (χ2n) is 3.59. The summed E-state index contributed by atoms with van der Waals surface area (Å²) in [5, 5.41) is 4.58. The van der Waals surface area contributed by atoms with Gasteiger partial charge in [-0.2, -0.15) is 0 Å². The molecular weight excluding hydrogens is 230 g/mol. The monoisotopic (exact) mass is 249 g/mol. The smallest absolute Gasteiger partial charge is 0.0700 e. The number of unbranched alkanes of at least 4 members (excludes halogenated alkanes) is 2. The summed E-state index contributed by atoms with van der Waals surface area (Å²) in [7, 11) is 0. The number of nitrogens with one attached hydrogen (secondary N) is 1. The Kier molecular flexibility index (Phi) is 6.86. The van der Waals surface area contributed by atoms with Gasteiger partial charge in [-0.05, 0) is 32.2 Å². The van der Waals surface area contributed by atoms with E-state index in [0.29, 0.717) is 6.10 Å². The number of alkyl halides is 1. The molecule has 1 atom stereocenters. The topological polar surface area (TPSA) is 21.3 Å². The first-order valence-electron chi connectivity index (χ1n) is 5.32. The van der Waals surface area contributed by atoms with E-state index in [0.717, 1.165) is 25.0 Å². The van der Waals surface area contributed by atoms with Crippen molar-refractivity contribution in [2.45, 2.75) is 38.2 Å². The lowest BCUT2D eigenvalue weighted by atomic mass is 10.2. The van der Waals surface area contributed by atoms with Crippen LogP contribution in [0.4, 0.5) is 0 Å². The number of rotatable bonds is 7. The van der Waals surface area contributed by atoms with E-state index >= 15 is 0 Å². The van der Waals surface area contributed by atoms with Gasteiger partial charge in [0.05, 0.1) is 6.10 Å². The molecule has 2 nitrogen and oxygen atoms in total. The molecule has 1 aliphatic rings. The summed E-state index contributed by atoms with van der Waals surface area (Å²) >= 11 is 3.43. The fraction of sp³-hybridized carbons (Fsp3) is 1.00. The van der Waals surface area contributed by atoms with Gasteiger partial charge >= 0.3 is 0 Å². The van der Waals surface area contributed by atoms with E-state index in [4.69, 9.17) is 4.74 Å². The number of hydrogen-bond acceptors (Lipinski definition) is 2. The van der Waals surface area contributed by atoms with Gasteiger partial charge < -0.3 is 10.1 Å². The summed E-state index contributed by atoms with van der Waals surface area (Å²) in [6.07, 6.45) is 6.89. The third-order valence-corrected chi connectivity index (χ3v) is 2.94. The molecule has 0 aliphatic carbocycles. The quantitative estimate of drug-likeness (QED) is 0.553. The van der Waals surface area contributed by atoms with Gasteiger partial charge in [0, 0.05) is 18.5 Å². The van der Waals surface area contributed by atoms with Gasteiger partial charge in [-0.1, -0.05) is 22.4 Å². The highest BCUT2D eigenvalue weighted by Crippen LogP contribution is 2.10. The maximum Gasteiger partial charge on any atom is 0.0700 e. The fourth-order valence-corrected chi connectivity index (χ4v) is 1.99. The van der Waals surface area contributed by atoms with Gasteiger partial charge in [0.2, 0.25) is 0 Å². The minimum atomic E-state index is 0.496. The minimum absolute atomic E-state index is 0.496. The van der Waals surface area contributed by atoms with Crippen LogP contribution in [0, 0.1) is 0 Å². The molecule has 0 radical (unpaired) electrons. The molecule has 1 unspecified atom stereocenters. The second kappa shape index (κ2) is 7.77. The molecule has 0 saturated carbocycles. The van der Waals surface area contributed by atoms with Crippen LogP contribution in [0.15, 0.2) is 0 Å². The van der Waals surface area contributed by atoms with Gasteiger partial charge in [-0.3, -0.25) is 0 Å². The molecule has 0 amide bonds. The molecule has 1 fully saturated rings. The van der Waals surface area contributed by atoms with Crippen LogP contribution < -0.4 is 5.32 Å². The van der Waals surface area contributed by atoms with Crippen LogP contribution in [0.3, 0.4) is 0 Å². The summed E-state index contributed by atoms with van der Waals surface area (Å²) in [4.78, 5) is 0. The molecule has 0 aromatic heterocycles. The number of halogens is 1. The second-order valence-corrected chi connectivity index (χ2v) is 4.38. The largest absolute Gasteiger partial charge is 0.377 e. The number of hydrogen-bond donors (Lipinski definition) is 1. The van der Waals surface area contributed by atoms with E-state index in [2.05, 4.69) is 21.2 Å². The molecule has 1 heterocycles. The Labute approximate surface area is 89.5 Å². The molecule has 1 rings (SSSR count). The van der Waals surface area contributed by atoms with Crippen molar-refractivity contribution in [1.29, 1.82) is 0 Å².